The molecule has 0 radical (unpaired) electrons. The van der Waals surface area contributed by atoms with Crippen molar-refractivity contribution in [2.24, 2.45) is 0 Å². The van der Waals surface area contributed by atoms with Gasteiger partial charge in [-0.2, -0.15) is 0 Å². The average Bonchev–Trinajstić information content (AvgIpc) is 3.14. The van der Waals surface area contributed by atoms with Crippen LogP contribution in [0.3, 0.4) is 0 Å². The third kappa shape index (κ3) is 5.91. The molecule has 1 amide bonds. The molecule has 0 aromatic heterocycles. The fourth-order valence-corrected chi connectivity index (χ4v) is 3.55. The number of likely N-dealkylation sites (tertiary alicyclic amines) is 1. The van der Waals surface area contributed by atoms with Crippen LogP contribution < -0.4 is 0 Å². The summed E-state index contributed by atoms with van der Waals surface area (Å²) in [6, 6.07) is 20.7. The number of nitrogens with zero attached hydrogens (tertiary/aromatic N) is 2. The van der Waals surface area contributed by atoms with Crippen LogP contribution in [0.1, 0.15) is 37.3 Å². The lowest BCUT2D eigenvalue weighted by molar-refractivity contribution is -0.143. The number of amides is 1. The molecule has 1 unspecified atom stereocenters. The Kier molecular flexibility index (Phi) is 7.43. The molecule has 144 valence electrons. The summed E-state index contributed by atoms with van der Waals surface area (Å²) in [6.45, 7) is 6.35. The van der Waals surface area contributed by atoms with E-state index in [4.69, 9.17) is 4.74 Å². The van der Waals surface area contributed by atoms with Crippen molar-refractivity contribution in [1.29, 1.82) is 0 Å². The van der Waals surface area contributed by atoms with Crippen molar-refractivity contribution >= 4 is 5.91 Å². The fourth-order valence-electron chi connectivity index (χ4n) is 3.55. The summed E-state index contributed by atoms with van der Waals surface area (Å²) >= 11 is 0. The van der Waals surface area contributed by atoms with E-state index < -0.39 is 0 Å². The lowest BCUT2D eigenvalue weighted by atomic mass is 10.2. The summed E-state index contributed by atoms with van der Waals surface area (Å²) in [6.07, 6.45) is 2.27. The van der Waals surface area contributed by atoms with Gasteiger partial charge in [0.15, 0.2) is 0 Å². The maximum absolute atomic E-state index is 12.3. The summed E-state index contributed by atoms with van der Waals surface area (Å²) in [7, 11) is 0. The van der Waals surface area contributed by atoms with Crippen LogP contribution in [0.15, 0.2) is 60.7 Å². The van der Waals surface area contributed by atoms with Crippen molar-refractivity contribution in [3.8, 4) is 0 Å². The molecule has 4 heteroatoms. The Hall–Kier alpha value is -2.17. The van der Waals surface area contributed by atoms with Crippen LogP contribution in [0.5, 0.6) is 0 Å². The molecule has 1 heterocycles. The van der Waals surface area contributed by atoms with E-state index in [0.717, 1.165) is 44.6 Å². The van der Waals surface area contributed by atoms with Crippen LogP contribution in [0, 0.1) is 0 Å². The van der Waals surface area contributed by atoms with Crippen LogP contribution in [0.2, 0.25) is 0 Å². The predicted octanol–water partition coefficient (Wildman–Crippen LogP) is 4.06. The first-order valence-corrected chi connectivity index (χ1v) is 9.97. The number of hydrogen-bond donors (Lipinski definition) is 0. The SMILES string of the molecule is CCN(CCC(OCc1ccccc1)N1CCCC1=O)Cc1ccccc1. The van der Waals surface area contributed by atoms with Gasteiger partial charge in [-0.15, -0.1) is 0 Å². The number of benzene rings is 2. The highest BCUT2D eigenvalue weighted by molar-refractivity contribution is 5.78. The van der Waals surface area contributed by atoms with Crippen LogP contribution in [-0.2, 0) is 22.7 Å². The molecule has 1 fully saturated rings. The second kappa shape index (κ2) is 10.2. The van der Waals surface area contributed by atoms with E-state index in [1.165, 1.54) is 5.56 Å². The maximum atomic E-state index is 12.3. The summed E-state index contributed by atoms with van der Waals surface area (Å²) in [4.78, 5) is 16.6. The fraction of sp³-hybridized carbons (Fsp3) is 0.435. The van der Waals surface area contributed by atoms with E-state index in [9.17, 15) is 4.79 Å². The molecule has 1 aliphatic heterocycles. The minimum atomic E-state index is -0.148. The Morgan fingerprint density at radius 2 is 1.70 bits per heavy atom. The third-order valence-electron chi connectivity index (χ3n) is 5.13. The zero-order valence-electron chi connectivity index (χ0n) is 16.2. The molecular weight excluding hydrogens is 336 g/mol. The first-order valence-electron chi connectivity index (χ1n) is 9.97. The highest BCUT2D eigenvalue weighted by atomic mass is 16.5. The van der Waals surface area contributed by atoms with Crippen molar-refractivity contribution in [1.82, 2.24) is 9.80 Å². The first kappa shape index (κ1) is 19.6. The number of ether oxygens (including phenoxy) is 1. The van der Waals surface area contributed by atoms with Gasteiger partial charge in [-0.1, -0.05) is 67.6 Å². The zero-order valence-corrected chi connectivity index (χ0v) is 16.2. The highest BCUT2D eigenvalue weighted by Crippen LogP contribution is 2.19. The molecule has 2 aromatic rings. The molecule has 0 N–H and O–H groups in total. The number of rotatable bonds is 10. The van der Waals surface area contributed by atoms with E-state index in [-0.39, 0.29) is 12.1 Å². The number of hydrogen-bond acceptors (Lipinski definition) is 3. The molecule has 3 rings (SSSR count). The molecule has 4 nitrogen and oxygen atoms in total. The van der Waals surface area contributed by atoms with Crippen molar-refractivity contribution in [3.05, 3.63) is 71.8 Å². The second-order valence-corrected chi connectivity index (χ2v) is 7.08. The lowest BCUT2D eigenvalue weighted by Crippen LogP contribution is -2.40. The van der Waals surface area contributed by atoms with Crippen LogP contribution in [-0.4, -0.2) is 41.6 Å². The maximum Gasteiger partial charge on any atom is 0.224 e. The molecule has 0 aliphatic carbocycles. The topological polar surface area (TPSA) is 32.8 Å². The van der Waals surface area contributed by atoms with Gasteiger partial charge in [0.05, 0.1) is 6.61 Å². The third-order valence-corrected chi connectivity index (χ3v) is 5.13. The standard InChI is InChI=1S/C23H30N2O2/c1-2-24(18-20-10-5-3-6-11-20)17-15-23(25-16-9-14-22(25)26)27-19-21-12-7-4-8-13-21/h3-8,10-13,23H,2,9,14-19H2,1H3. The molecule has 27 heavy (non-hydrogen) atoms. The Balaban J connectivity index is 1.58. The Bertz CT molecular complexity index is 690. The van der Waals surface area contributed by atoms with Crippen molar-refractivity contribution < 1.29 is 9.53 Å². The monoisotopic (exact) mass is 366 g/mol. The van der Waals surface area contributed by atoms with E-state index in [2.05, 4.69) is 48.2 Å². The highest BCUT2D eigenvalue weighted by Gasteiger charge is 2.28. The van der Waals surface area contributed by atoms with Gasteiger partial charge in [0, 0.05) is 32.5 Å². The molecule has 2 aromatic carbocycles. The average molecular weight is 367 g/mol. The number of carbonyl (C=O) groups excluding carboxylic acids is 1. The van der Waals surface area contributed by atoms with Gasteiger partial charge < -0.3 is 9.64 Å². The molecule has 1 atom stereocenters. The van der Waals surface area contributed by atoms with E-state index >= 15 is 0 Å². The van der Waals surface area contributed by atoms with Gasteiger partial charge in [-0.05, 0) is 24.1 Å². The minimum absolute atomic E-state index is 0.148. The zero-order chi connectivity index (χ0) is 18.9. The van der Waals surface area contributed by atoms with E-state index in [0.29, 0.717) is 13.0 Å². The second-order valence-electron chi connectivity index (χ2n) is 7.08. The van der Waals surface area contributed by atoms with Gasteiger partial charge in [0.1, 0.15) is 6.23 Å². The summed E-state index contributed by atoms with van der Waals surface area (Å²) < 4.78 is 6.21. The first-order chi connectivity index (χ1) is 13.3. The van der Waals surface area contributed by atoms with Crippen molar-refractivity contribution in [2.45, 2.75) is 45.6 Å². The Morgan fingerprint density at radius 3 is 2.30 bits per heavy atom. The number of carbonyl (C=O) groups is 1. The minimum Gasteiger partial charge on any atom is -0.354 e. The van der Waals surface area contributed by atoms with Gasteiger partial charge in [-0.3, -0.25) is 9.69 Å². The summed E-state index contributed by atoms with van der Waals surface area (Å²) in [5.41, 5.74) is 2.46. The van der Waals surface area contributed by atoms with Crippen LogP contribution >= 0.6 is 0 Å². The molecule has 1 aliphatic rings. The van der Waals surface area contributed by atoms with Gasteiger partial charge in [-0.25, -0.2) is 0 Å². The Morgan fingerprint density at radius 1 is 1.04 bits per heavy atom. The molecule has 0 spiro atoms. The van der Waals surface area contributed by atoms with Gasteiger partial charge >= 0.3 is 0 Å². The molecule has 0 saturated carbocycles. The van der Waals surface area contributed by atoms with Gasteiger partial charge in [0.25, 0.3) is 0 Å². The smallest absolute Gasteiger partial charge is 0.224 e. The molecule has 1 saturated heterocycles. The van der Waals surface area contributed by atoms with E-state index in [1.807, 2.05) is 29.2 Å². The predicted molar refractivity (Wildman–Crippen MR) is 108 cm³/mol. The van der Waals surface area contributed by atoms with E-state index in [1.54, 1.807) is 0 Å². The normalized spacial score (nSPS) is 15.5. The van der Waals surface area contributed by atoms with Crippen molar-refractivity contribution in [3.63, 3.8) is 0 Å². The largest absolute Gasteiger partial charge is 0.354 e. The molecular formula is C23H30N2O2. The van der Waals surface area contributed by atoms with Crippen molar-refractivity contribution in [2.75, 3.05) is 19.6 Å². The summed E-state index contributed by atoms with van der Waals surface area (Å²) in [5, 5.41) is 0. The molecule has 0 bridgehead atoms. The van der Waals surface area contributed by atoms with Gasteiger partial charge in [0.2, 0.25) is 5.91 Å². The van der Waals surface area contributed by atoms with Crippen LogP contribution in [0.25, 0.3) is 0 Å². The summed E-state index contributed by atoms with van der Waals surface area (Å²) in [5.74, 6) is 0.221. The quantitative estimate of drug-likeness (QED) is 0.636. The Labute approximate surface area is 162 Å². The van der Waals surface area contributed by atoms with Crippen LogP contribution in [0.4, 0.5) is 0 Å². The lowest BCUT2D eigenvalue weighted by Gasteiger charge is -2.30.